The van der Waals surface area contributed by atoms with Crippen molar-refractivity contribution in [1.29, 1.82) is 0 Å². The summed E-state index contributed by atoms with van der Waals surface area (Å²) < 4.78 is 13.4. The van der Waals surface area contributed by atoms with Gasteiger partial charge in [-0.1, -0.05) is 54.3 Å². The Kier molecular flexibility index (Phi) is 5.40. The first kappa shape index (κ1) is 20.2. The minimum Gasteiger partial charge on any atom is -0.550 e. The number of benzene rings is 2. The van der Waals surface area contributed by atoms with Crippen LogP contribution in [0.5, 0.6) is 0 Å². The molecule has 0 bridgehead atoms. The van der Waals surface area contributed by atoms with Crippen molar-refractivity contribution in [3.8, 4) is 0 Å². The van der Waals surface area contributed by atoms with Gasteiger partial charge in [0.25, 0.3) is 11.8 Å². The molecule has 1 saturated heterocycles. The fourth-order valence-electron chi connectivity index (χ4n) is 3.37. The minimum absolute atomic E-state index is 0.112. The molecule has 9 heteroatoms. The van der Waals surface area contributed by atoms with Crippen molar-refractivity contribution in [2.24, 2.45) is 0 Å². The van der Waals surface area contributed by atoms with Crippen molar-refractivity contribution in [2.75, 3.05) is 11.4 Å². The molecule has 2 aliphatic heterocycles. The highest BCUT2D eigenvalue weighted by Crippen LogP contribution is 2.44. The van der Waals surface area contributed by atoms with Gasteiger partial charge in [0, 0.05) is 24.5 Å². The van der Waals surface area contributed by atoms with Crippen molar-refractivity contribution in [2.45, 2.75) is 13.0 Å². The van der Waals surface area contributed by atoms with Crippen LogP contribution >= 0.6 is 24.0 Å². The number of hydrogen-bond donors (Lipinski definition) is 0. The number of aliphatic carboxylic acids is 1. The molecule has 0 saturated carbocycles. The zero-order valence-corrected chi connectivity index (χ0v) is 17.1. The lowest BCUT2D eigenvalue weighted by Crippen LogP contribution is -2.34. The third kappa shape index (κ3) is 3.61. The number of nitrogens with zero attached hydrogens (tertiary/aromatic N) is 2. The van der Waals surface area contributed by atoms with E-state index in [1.54, 1.807) is 36.4 Å². The number of halogens is 1. The molecule has 2 amide bonds. The van der Waals surface area contributed by atoms with Crippen molar-refractivity contribution >= 4 is 57.3 Å². The van der Waals surface area contributed by atoms with Gasteiger partial charge in [0.2, 0.25) is 0 Å². The van der Waals surface area contributed by atoms with E-state index in [2.05, 4.69) is 0 Å². The van der Waals surface area contributed by atoms with E-state index in [0.29, 0.717) is 11.3 Å². The Labute approximate surface area is 181 Å². The number of carboxylic acid groups (broad SMARTS) is 1. The molecule has 0 atom stereocenters. The lowest BCUT2D eigenvalue weighted by molar-refractivity contribution is -0.305. The van der Waals surface area contributed by atoms with Gasteiger partial charge < -0.3 is 14.8 Å². The smallest absolute Gasteiger partial charge is 0.267 e. The summed E-state index contributed by atoms with van der Waals surface area (Å²) >= 11 is 6.21. The van der Waals surface area contributed by atoms with Crippen molar-refractivity contribution in [3.05, 3.63) is 70.4 Å². The third-order valence-electron chi connectivity index (χ3n) is 4.79. The Balaban J connectivity index is 1.71. The molecule has 0 N–H and O–H groups in total. The fourth-order valence-corrected chi connectivity index (χ4v) is 4.75. The van der Waals surface area contributed by atoms with Gasteiger partial charge in [-0.3, -0.25) is 14.5 Å². The Bertz CT molecular complexity index is 1110. The van der Waals surface area contributed by atoms with E-state index in [0.717, 1.165) is 17.3 Å². The number of thiocarbonyl (C=S) groups is 1. The number of carbonyl (C=O) groups is 3. The molecule has 0 aliphatic carbocycles. The van der Waals surface area contributed by atoms with Gasteiger partial charge in [0.1, 0.15) is 10.1 Å². The highest BCUT2D eigenvalue weighted by molar-refractivity contribution is 8.26. The normalized spacial score (nSPS) is 18.4. The summed E-state index contributed by atoms with van der Waals surface area (Å²) in [4.78, 5) is 39.9. The summed E-state index contributed by atoms with van der Waals surface area (Å²) in [6, 6.07) is 12.9. The first-order chi connectivity index (χ1) is 14.4. The summed E-state index contributed by atoms with van der Waals surface area (Å²) in [6.07, 6.45) is -0.351. The Morgan fingerprint density at radius 3 is 2.43 bits per heavy atom. The molecule has 6 nitrogen and oxygen atoms in total. The maximum absolute atomic E-state index is 13.3. The van der Waals surface area contributed by atoms with Gasteiger partial charge in [0.15, 0.2) is 0 Å². The number of para-hydroxylation sites is 1. The molecular formula is C21H14FN2O4S2-. The zero-order valence-electron chi connectivity index (χ0n) is 15.5. The van der Waals surface area contributed by atoms with Crippen LogP contribution in [0, 0.1) is 5.82 Å². The molecule has 0 unspecified atom stereocenters. The predicted octanol–water partition coefficient (Wildman–Crippen LogP) is 2.08. The topological polar surface area (TPSA) is 80.7 Å². The number of carboxylic acids is 1. The molecule has 2 heterocycles. The number of anilines is 1. The lowest BCUT2D eigenvalue weighted by atomic mass is 10.1. The Morgan fingerprint density at radius 1 is 1.03 bits per heavy atom. The van der Waals surface area contributed by atoms with Gasteiger partial charge in [-0.25, -0.2) is 4.39 Å². The lowest BCUT2D eigenvalue weighted by Gasteiger charge is -2.17. The zero-order chi connectivity index (χ0) is 21.4. The molecular weight excluding hydrogens is 427 g/mol. The molecule has 2 aromatic carbocycles. The fraction of sp³-hybridized carbons (Fsp3) is 0.143. The molecule has 2 aliphatic rings. The predicted molar refractivity (Wildman–Crippen MR) is 112 cm³/mol. The monoisotopic (exact) mass is 441 g/mol. The van der Waals surface area contributed by atoms with Crippen LogP contribution < -0.4 is 10.0 Å². The summed E-state index contributed by atoms with van der Waals surface area (Å²) in [5, 5.41) is 10.8. The van der Waals surface area contributed by atoms with Gasteiger partial charge in [-0.2, -0.15) is 0 Å². The van der Waals surface area contributed by atoms with Gasteiger partial charge in [-0.05, 0) is 23.8 Å². The van der Waals surface area contributed by atoms with Crippen molar-refractivity contribution in [3.63, 3.8) is 0 Å². The summed E-state index contributed by atoms with van der Waals surface area (Å²) in [5.74, 6) is -2.51. The van der Waals surface area contributed by atoms with Gasteiger partial charge in [-0.15, -0.1) is 0 Å². The van der Waals surface area contributed by atoms with Crippen LogP contribution in [0.1, 0.15) is 17.5 Å². The van der Waals surface area contributed by atoms with Crippen LogP contribution in [0.4, 0.5) is 10.1 Å². The molecule has 2 aromatic rings. The van der Waals surface area contributed by atoms with E-state index < -0.39 is 11.9 Å². The summed E-state index contributed by atoms with van der Waals surface area (Å²) in [7, 11) is 0. The standard InChI is InChI=1S/C21H15FN2O4S2/c22-13-7-5-12(6-8-13)11-24-15-4-2-1-3-14(15)17(19(24)27)18-20(28)23(21(29)30-18)10-9-16(25)26/h1-8H,9-11H2,(H,25,26)/p-1/b18-17-. The molecule has 4 rings (SSSR count). The minimum atomic E-state index is -1.29. The summed E-state index contributed by atoms with van der Waals surface area (Å²) in [5.41, 5.74) is 2.22. The van der Waals surface area contributed by atoms with Crippen LogP contribution in [0.15, 0.2) is 53.4 Å². The van der Waals surface area contributed by atoms with E-state index in [9.17, 15) is 23.9 Å². The molecule has 30 heavy (non-hydrogen) atoms. The number of thioether (sulfide) groups is 1. The average Bonchev–Trinajstić information content (AvgIpc) is 3.15. The van der Waals surface area contributed by atoms with Crippen LogP contribution in [0.25, 0.3) is 5.57 Å². The van der Waals surface area contributed by atoms with Crippen LogP contribution in [0.2, 0.25) is 0 Å². The second-order valence-electron chi connectivity index (χ2n) is 6.69. The SMILES string of the molecule is O=C([O-])CCN1C(=O)/C(=C2/C(=O)N(Cc3ccc(F)cc3)c3ccccc32)SC1=S. The first-order valence-corrected chi connectivity index (χ1v) is 10.2. The Morgan fingerprint density at radius 2 is 1.73 bits per heavy atom. The number of hydrogen-bond acceptors (Lipinski definition) is 6. The number of amides is 2. The van der Waals surface area contributed by atoms with Crippen molar-refractivity contribution in [1.82, 2.24) is 4.90 Å². The van der Waals surface area contributed by atoms with E-state index in [1.807, 2.05) is 0 Å². The van der Waals surface area contributed by atoms with Crippen LogP contribution in [-0.4, -0.2) is 33.5 Å². The summed E-state index contributed by atoms with van der Waals surface area (Å²) in [6.45, 7) is 0.101. The van der Waals surface area contributed by atoms with E-state index in [1.165, 1.54) is 21.9 Å². The molecule has 0 spiro atoms. The molecule has 0 aromatic heterocycles. The molecule has 1 fully saturated rings. The highest BCUT2D eigenvalue weighted by Gasteiger charge is 2.41. The van der Waals surface area contributed by atoms with E-state index in [4.69, 9.17) is 12.2 Å². The van der Waals surface area contributed by atoms with E-state index >= 15 is 0 Å². The average molecular weight is 441 g/mol. The maximum Gasteiger partial charge on any atom is 0.267 e. The largest absolute Gasteiger partial charge is 0.550 e. The number of fused-ring (bicyclic) bond motifs is 1. The number of carbonyl (C=O) groups excluding carboxylic acids is 3. The highest BCUT2D eigenvalue weighted by atomic mass is 32.2. The van der Waals surface area contributed by atoms with Gasteiger partial charge >= 0.3 is 0 Å². The maximum atomic E-state index is 13.3. The van der Waals surface area contributed by atoms with Crippen LogP contribution in [-0.2, 0) is 20.9 Å². The molecule has 152 valence electrons. The Hall–Kier alpha value is -3.04. The number of rotatable bonds is 5. The second kappa shape index (κ2) is 8.00. The van der Waals surface area contributed by atoms with E-state index in [-0.39, 0.29) is 46.0 Å². The first-order valence-electron chi connectivity index (χ1n) is 9.00. The second-order valence-corrected chi connectivity index (χ2v) is 8.33. The van der Waals surface area contributed by atoms with Crippen LogP contribution in [0.3, 0.4) is 0 Å². The molecule has 0 radical (unpaired) electrons. The van der Waals surface area contributed by atoms with Crippen molar-refractivity contribution < 1.29 is 23.9 Å². The third-order valence-corrected chi connectivity index (χ3v) is 6.24. The van der Waals surface area contributed by atoms with Gasteiger partial charge in [0.05, 0.1) is 22.7 Å². The quantitative estimate of drug-likeness (QED) is 0.522.